The van der Waals surface area contributed by atoms with Crippen LogP contribution in [-0.2, 0) is 0 Å². The fourth-order valence-electron chi connectivity index (χ4n) is 1.67. The highest BCUT2D eigenvalue weighted by Crippen LogP contribution is 2.33. The molecule has 0 aromatic heterocycles. The summed E-state index contributed by atoms with van der Waals surface area (Å²) in [6.07, 6.45) is 0. The molecular formula is C13H16ClNO3. The fourth-order valence-corrected chi connectivity index (χ4v) is 1.78. The SMILES string of the molecule is CC(CCl)CNC(=O)c1cccc2c1OCCO2. The molecule has 1 heterocycles. The number of hydrogen-bond acceptors (Lipinski definition) is 3. The van der Waals surface area contributed by atoms with E-state index in [1.54, 1.807) is 18.2 Å². The first kappa shape index (κ1) is 13.0. The highest BCUT2D eigenvalue weighted by atomic mass is 35.5. The van der Waals surface area contributed by atoms with Crippen molar-refractivity contribution < 1.29 is 14.3 Å². The first-order chi connectivity index (χ1) is 8.72. The summed E-state index contributed by atoms with van der Waals surface area (Å²) in [5.74, 6) is 1.76. The summed E-state index contributed by atoms with van der Waals surface area (Å²) in [5.41, 5.74) is 0.508. The predicted molar refractivity (Wildman–Crippen MR) is 69.6 cm³/mol. The van der Waals surface area contributed by atoms with Crippen LogP contribution in [0, 0.1) is 5.92 Å². The van der Waals surface area contributed by atoms with E-state index in [1.165, 1.54) is 0 Å². The second-order valence-electron chi connectivity index (χ2n) is 4.30. The van der Waals surface area contributed by atoms with Crippen molar-refractivity contribution in [3.8, 4) is 11.5 Å². The van der Waals surface area contributed by atoms with Gasteiger partial charge in [0.25, 0.3) is 5.91 Å². The van der Waals surface area contributed by atoms with Gasteiger partial charge in [-0.15, -0.1) is 11.6 Å². The van der Waals surface area contributed by atoms with Crippen molar-refractivity contribution in [2.24, 2.45) is 5.92 Å². The van der Waals surface area contributed by atoms with Crippen LogP contribution < -0.4 is 14.8 Å². The molecule has 1 aliphatic rings. The van der Waals surface area contributed by atoms with E-state index in [9.17, 15) is 4.79 Å². The maximum atomic E-state index is 12.0. The number of rotatable bonds is 4. The highest BCUT2D eigenvalue weighted by Gasteiger charge is 2.20. The minimum absolute atomic E-state index is 0.158. The molecule has 1 atom stereocenters. The summed E-state index contributed by atoms with van der Waals surface area (Å²) < 4.78 is 10.9. The summed E-state index contributed by atoms with van der Waals surface area (Å²) in [5, 5.41) is 2.84. The van der Waals surface area contributed by atoms with Gasteiger partial charge in [-0.2, -0.15) is 0 Å². The Morgan fingerprint density at radius 1 is 1.44 bits per heavy atom. The van der Waals surface area contributed by atoms with Gasteiger partial charge in [0.15, 0.2) is 11.5 Å². The largest absolute Gasteiger partial charge is 0.486 e. The van der Waals surface area contributed by atoms with E-state index in [0.29, 0.717) is 42.7 Å². The molecule has 1 aromatic rings. The maximum Gasteiger partial charge on any atom is 0.255 e. The summed E-state index contributed by atoms with van der Waals surface area (Å²) >= 11 is 5.70. The Hall–Kier alpha value is -1.42. The van der Waals surface area contributed by atoms with Gasteiger partial charge >= 0.3 is 0 Å². The van der Waals surface area contributed by atoms with E-state index >= 15 is 0 Å². The van der Waals surface area contributed by atoms with Gasteiger partial charge in [-0.05, 0) is 18.1 Å². The van der Waals surface area contributed by atoms with E-state index in [1.807, 2.05) is 6.92 Å². The Balaban J connectivity index is 2.10. The Morgan fingerprint density at radius 3 is 3.00 bits per heavy atom. The third kappa shape index (κ3) is 2.88. The quantitative estimate of drug-likeness (QED) is 0.851. The van der Waals surface area contributed by atoms with Crippen LogP contribution in [0.25, 0.3) is 0 Å². The Bertz CT molecular complexity index is 436. The number of carbonyl (C=O) groups excluding carboxylic acids is 1. The third-order valence-corrected chi connectivity index (χ3v) is 3.21. The Labute approximate surface area is 111 Å². The number of ether oxygens (including phenoxy) is 2. The standard InChI is InChI=1S/C13H16ClNO3/c1-9(7-14)8-15-13(16)10-3-2-4-11-12(10)18-6-5-17-11/h2-4,9H,5-8H2,1H3,(H,15,16). The van der Waals surface area contributed by atoms with Crippen molar-refractivity contribution in [2.75, 3.05) is 25.6 Å². The molecule has 0 saturated carbocycles. The zero-order valence-electron chi connectivity index (χ0n) is 10.2. The molecule has 1 N–H and O–H groups in total. The lowest BCUT2D eigenvalue weighted by Gasteiger charge is -2.20. The van der Waals surface area contributed by atoms with Crippen molar-refractivity contribution in [1.82, 2.24) is 5.32 Å². The monoisotopic (exact) mass is 269 g/mol. The molecule has 0 radical (unpaired) electrons. The van der Waals surface area contributed by atoms with E-state index in [4.69, 9.17) is 21.1 Å². The molecule has 0 saturated heterocycles. The van der Waals surface area contributed by atoms with Crippen LogP contribution in [0.1, 0.15) is 17.3 Å². The van der Waals surface area contributed by atoms with Gasteiger partial charge in [0.05, 0.1) is 5.56 Å². The third-order valence-electron chi connectivity index (χ3n) is 2.69. The average Bonchev–Trinajstić information content (AvgIpc) is 2.43. The van der Waals surface area contributed by atoms with Gasteiger partial charge in [0.1, 0.15) is 13.2 Å². The fraction of sp³-hybridized carbons (Fsp3) is 0.462. The van der Waals surface area contributed by atoms with Crippen molar-refractivity contribution >= 4 is 17.5 Å². The van der Waals surface area contributed by atoms with Gasteiger partial charge in [0, 0.05) is 12.4 Å². The maximum absolute atomic E-state index is 12.0. The van der Waals surface area contributed by atoms with Crippen molar-refractivity contribution in [3.63, 3.8) is 0 Å². The van der Waals surface area contributed by atoms with Crippen molar-refractivity contribution in [3.05, 3.63) is 23.8 Å². The topological polar surface area (TPSA) is 47.6 Å². The van der Waals surface area contributed by atoms with Crippen LogP contribution >= 0.6 is 11.6 Å². The van der Waals surface area contributed by atoms with Gasteiger partial charge < -0.3 is 14.8 Å². The summed E-state index contributed by atoms with van der Waals surface area (Å²) in [4.78, 5) is 12.0. The minimum Gasteiger partial charge on any atom is -0.486 e. The van der Waals surface area contributed by atoms with Gasteiger partial charge in [0.2, 0.25) is 0 Å². The number of alkyl halides is 1. The lowest BCUT2D eigenvalue weighted by molar-refractivity contribution is 0.0938. The molecule has 1 aliphatic heterocycles. The number of carbonyl (C=O) groups is 1. The molecule has 98 valence electrons. The first-order valence-corrected chi connectivity index (χ1v) is 6.48. The smallest absolute Gasteiger partial charge is 0.255 e. The van der Waals surface area contributed by atoms with Crippen molar-refractivity contribution in [1.29, 1.82) is 0 Å². The minimum atomic E-state index is -0.158. The lowest BCUT2D eigenvalue weighted by Crippen LogP contribution is -2.30. The normalized spacial score (nSPS) is 15.0. The molecule has 0 fully saturated rings. The van der Waals surface area contributed by atoms with Crippen molar-refractivity contribution in [2.45, 2.75) is 6.92 Å². The molecule has 0 aliphatic carbocycles. The first-order valence-electron chi connectivity index (χ1n) is 5.95. The number of nitrogens with one attached hydrogen (secondary N) is 1. The van der Waals surface area contributed by atoms with Crippen LogP contribution in [0.15, 0.2) is 18.2 Å². The van der Waals surface area contributed by atoms with Gasteiger partial charge in [-0.1, -0.05) is 13.0 Å². The molecule has 4 nitrogen and oxygen atoms in total. The van der Waals surface area contributed by atoms with E-state index < -0.39 is 0 Å². The molecular weight excluding hydrogens is 254 g/mol. The number of hydrogen-bond donors (Lipinski definition) is 1. The van der Waals surface area contributed by atoms with Gasteiger partial charge in [-0.3, -0.25) is 4.79 Å². The number of para-hydroxylation sites is 1. The summed E-state index contributed by atoms with van der Waals surface area (Å²) in [6, 6.07) is 5.31. The molecule has 2 rings (SSSR count). The second-order valence-corrected chi connectivity index (χ2v) is 4.61. The van der Waals surface area contributed by atoms with Crippen LogP contribution in [0.3, 0.4) is 0 Å². The number of benzene rings is 1. The molecule has 0 spiro atoms. The number of fused-ring (bicyclic) bond motifs is 1. The summed E-state index contributed by atoms with van der Waals surface area (Å²) in [6.45, 7) is 3.51. The Morgan fingerprint density at radius 2 is 2.22 bits per heavy atom. The van der Waals surface area contributed by atoms with Gasteiger partial charge in [-0.25, -0.2) is 0 Å². The lowest BCUT2D eigenvalue weighted by atomic mass is 10.1. The number of halogens is 1. The second kappa shape index (κ2) is 5.96. The molecule has 0 bridgehead atoms. The van der Waals surface area contributed by atoms with Crippen LogP contribution in [-0.4, -0.2) is 31.5 Å². The van der Waals surface area contributed by atoms with E-state index in [2.05, 4.69) is 5.32 Å². The van der Waals surface area contributed by atoms with Crippen LogP contribution in [0.4, 0.5) is 0 Å². The zero-order chi connectivity index (χ0) is 13.0. The highest BCUT2D eigenvalue weighted by molar-refractivity contribution is 6.18. The molecule has 5 heteroatoms. The average molecular weight is 270 g/mol. The zero-order valence-corrected chi connectivity index (χ0v) is 11.0. The molecule has 1 unspecified atom stereocenters. The molecule has 18 heavy (non-hydrogen) atoms. The number of amides is 1. The molecule has 1 amide bonds. The van der Waals surface area contributed by atoms with Crippen LogP contribution in [0.2, 0.25) is 0 Å². The Kier molecular flexibility index (Phi) is 4.31. The van der Waals surface area contributed by atoms with E-state index in [-0.39, 0.29) is 11.8 Å². The van der Waals surface area contributed by atoms with E-state index in [0.717, 1.165) is 0 Å². The van der Waals surface area contributed by atoms with Crippen LogP contribution in [0.5, 0.6) is 11.5 Å². The molecule has 1 aromatic carbocycles. The summed E-state index contributed by atoms with van der Waals surface area (Å²) in [7, 11) is 0. The predicted octanol–water partition coefficient (Wildman–Crippen LogP) is 2.06.